The van der Waals surface area contributed by atoms with Gasteiger partial charge in [-0.15, -0.1) is 0 Å². The lowest BCUT2D eigenvalue weighted by atomic mass is 10.2. The van der Waals surface area contributed by atoms with E-state index in [2.05, 4.69) is 8.37 Å². The molecule has 0 aliphatic rings. The molecule has 0 atom stereocenters. The average Bonchev–Trinajstić information content (AvgIpc) is 2.55. The molecule has 24 heavy (non-hydrogen) atoms. The van der Waals surface area contributed by atoms with Crippen LogP contribution >= 0.6 is 0 Å². The molecule has 0 radical (unpaired) electrons. The molecule has 130 valence electrons. The van der Waals surface area contributed by atoms with Gasteiger partial charge < -0.3 is 5.73 Å². The van der Waals surface area contributed by atoms with Crippen LogP contribution in [-0.4, -0.2) is 23.6 Å². The van der Waals surface area contributed by atoms with Crippen LogP contribution in [0.1, 0.15) is 11.1 Å². The van der Waals surface area contributed by atoms with Crippen LogP contribution in [0.15, 0.2) is 58.3 Å². The molecule has 0 bridgehead atoms. The monoisotopic (exact) mass is 371 g/mol. The topological polar surface area (TPSA) is 113 Å². The van der Waals surface area contributed by atoms with E-state index in [-0.39, 0.29) is 16.3 Å². The van der Waals surface area contributed by atoms with E-state index in [0.717, 1.165) is 11.1 Å². The van der Waals surface area contributed by atoms with Crippen LogP contribution < -0.4 is 5.73 Å². The van der Waals surface area contributed by atoms with Crippen molar-refractivity contribution in [3.05, 3.63) is 59.7 Å². The number of aryl methyl sites for hydroxylation is 1. The molecule has 0 aliphatic carbocycles. The molecule has 0 aliphatic heterocycles. The highest BCUT2D eigenvalue weighted by Crippen LogP contribution is 2.16. The van der Waals surface area contributed by atoms with E-state index in [0.29, 0.717) is 0 Å². The summed E-state index contributed by atoms with van der Waals surface area (Å²) in [6.07, 6.45) is 0. The zero-order chi connectivity index (χ0) is 17.8. The van der Waals surface area contributed by atoms with Crippen LogP contribution in [0.25, 0.3) is 0 Å². The highest BCUT2D eigenvalue weighted by atomic mass is 32.2. The summed E-state index contributed by atoms with van der Waals surface area (Å²) in [5, 5.41) is 0. The summed E-state index contributed by atoms with van der Waals surface area (Å²) in [4.78, 5) is -0.197. The average molecular weight is 371 g/mol. The summed E-state index contributed by atoms with van der Waals surface area (Å²) in [5.41, 5.74) is 7.07. The van der Waals surface area contributed by atoms with E-state index in [1.54, 1.807) is 24.3 Å². The number of hydrogen-bond donors (Lipinski definition) is 1. The van der Waals surface area contributed by atoms with Gasteiger partial charge in [-0.1, -0.05) is 29.8 Å². The number of nitrogens with two attached hydrogens (primary N) is 1. The van der Waals surface area contributed by atoms with Crippen LogP contribution in [0.2, 0.25) is 0 Å². The summed E-state index contributed by atoms with van der Waals surface area (Å²) in [7, 11) is -8.23. The van der Waals surface area contributed by atoms with Crippen LogP contribution in [0, 0.1) is 6.92 Å². The fourth-order valence-electron chi connectivity index (χ4n) is 1.78. The van der Waals surface area contributed by atoms with Crippen LogP contribution in [0.4, 0.5) is 0 Å². The smallest absolute Gasteiger partial charge is 0.299 e. The fourth-order valence-corrected chi connectivity index (χ4v) is 3.40. The molecule has 9 heteroatoms. The van der Waals surface area contributed by atoms with Gasteiger partial charge in [-0.25, -0.2) is 8.37 Å². The molecule has 2 N–H and O–H groups in total. The minimum atomic E-state index is -4.13. The molecular weight excluding hydrogens is 354 g/mol. The molecule has 0 heterocycles. The Labute approximate surface area is 141 Å². The zero-order valence-corrected chi connectivity index (χ0v) is 14.5. The van der Waals surface area contributed by atoms with Gasteiger partial charge in [0.25, 0.3) is 20.2 Å². The number of hydrogen-bond acceptors (Lipinski definition) is 7. The molecule has 0 aromatic heterocycles. The second-order valence-electron chi connectivity index (χ2n) is 4.92. The Bertz CT molecular complexity index is 888. The second-order valence-corrected chi connectivity index (χ2v) is 8.15. The first-order chi connectivity index (χ1) is 11.2. The molecule has 0 saturated heterocycles. The molecular formula is C15H17NO6S2. The predicted octanol–water partition coefficient (Wildman–Crippen LogP) is 1.52. The van der Waals surface area contributed by atoms with E-state index in [9.17, 15) is 16.8 Å². The molecule has 0 saturated carbocycles. The van der Waals surface area contributed by atoms with E-state index < -0.39 is 27.0 Å². The van der Waals surface area contributed by atoms with Crippen molar-refractivity contribution in [3.8, 4) is 0 Å². The van der Waals surface area contributed by atoms with E-state index >= 15 is 0 Å². The molecule has 2 aromatic rings. The van der Waals surface area contributed by atoms with Gasteiger partial charge in [0.2, 0.25) is 0 Å². The predicted molar refractivity (Wildman–Crippen MR) is 86.9 cm³/mol. The van der Waals surface area contributed by atoms with Crippen molar-refractivity contribution in [1.29, 1.82) is 0 Å². The fraction of sp³-hybridized carbons (Fsp3) is 0.200. The SMILES string of the molecule is Cc1ccc(S(=O)(=O)OCOS(=O)(=O)c2ccc(CN)cc2)cc1. The second kappa shape index (κ2) is 7.41. The van der Waals surface area contributed by atoms with Crippen molar-refractivity contribution in [2.24, 2.45) is 5.73 Å². The first kappa shape index (κ1) is 18.6. The van der Waals surface area contributed by atoms with Crippen LogP contribution in [0.3, 0.4) is 0 Å². The maximum absolute atomic E-state index is 12.0. The van der Waals surface area contributed by atoms with Gasteiger partial charge >= 0.3 is 0 Å². The largest absolute Gasteiger partial charge is 0.326 e. The Morgan fingerprint density at radius 2 is 1.21 bits per heavy atom. The Morgan fingerprint density at radius 1 is 0.792 bits per heavy atom. The minimum absolute atomic E-state index is 0.0820. The third-order valence-electron chi connectivity index (χ3n) is 3.16. The van der Waals surface area contributed by atoms with Gasteiger partial charge in [0, 0.05) is 6.54 Å². The third-order valence-corrected chi connectivity index (χ3v) is 5.68. The molecule has 2 rings (SSSR count). The van der Waals surface area contributed by atoms with Gasteiger partial charge in [0.15, 0.2) is 6.79 Å². The van der Waals surface area contributed by atoms with E-state index in [1.165, 1.54) is 24.3 Å². The third kappa shape index (κ3) is 4.62. The van der Waals surface area contributed by atoms with Crippen molar-refractivity contribution in [1.82, 2.24) is 0 Å². The van der Waals surface area contributed by atoms with Gasteiger partial charge in [0.1, 0.15) is 0 Å². The maximum Gasteiger partial charge on any atom is 0.299 e. The molecule has 2 aromatic carbocycles. The standard InChI is InChI=1S/C15H17NO6S2/c1-12-2-6-14(7-3-12)23(17,18)21-11-22-24(19,20)15-8-4-13(10-16)5-9-15/h2-9H,10-11,16H2,1H3. The summed E-state index contributed by atoms with van der Waals surface area (Å²) < 4.78 is 57.0. The summed E-state index contributed by atoms with van der Waals surface area (Å²) >= 11 is 0. The summed E-state index contributed by atoms with van der Waals surface area (Å²) in [6, 6.07) is 11.7. The zero-order valence-electron chi connectivity index (χ0n) is 12.9. The highest BCUT2D eigenvalue weighted by Gasteiger charge is 2.19. The van der Waals surface area contributed by atoms with Crippen LogP contribution in [0.5, 0.6) is 0 Å². The van der Waals surface area contributed by atoms with Crippen molar-refractivity contribution in [3.63, 3.8) is 0 Å². The Morgan fingerprint density at radius 3 is 1.62 bits per heavy atom. The van der Waals surface area contributed by atoms with Crippen molar-refractivity contribution in [2.75, 3.05) is 6.79 Å². The molecule has 7 nitrogen and oxygen atoms in total. The van der Waals surface area contributed by atoms with Gasteiger partial charge in [0.05, 0.1) is 9.79 Å². The Balaban J connectivity index is 2.02. The lowest BCUT2D eigenvalue weighted by Crippen LogP contribution is -2.14. The minimum Gasteiger partial charge on any atom is -0.326 e. The van der Waals surface area contributed by atoms with Crippen molar-refractivity contribution in [2.45, 2.75) is 23.3 Å². The summed E-state index contributed by atoms with van der Waals surface area (Å²) in [5.74, 6) is 0. The first-order valence-electron chi connectivity index (χ1n) is 6.89. The van der Waals surface area contributed by atoms with Crippen molar-refractivity contribution >= 4 is 20.2 Å². The Hall–Kier alpha value is -1.78. The van der Waals surface area contributed by atoms with Gasteiger partial charge in [-0.05, 0) is 36.8 Å². The number of benzene rings is 2. The van der Waals surface area contributed by atoms with E-state index in [4.69, 9.17) is 5.73 Å². The lowest BCUT2D eigenvalue weighted by molar-refractivity contribution is 0.132. The lowest BCUT2D eigenvalue weighted by Gasteiger charge is -2.08. The Kier molecular flexibility index (Phi) is 5.73. The maximum atomic E-state index is 12.0. The van der Waals surface area contributed by atoms with E-state index in [1.807, 2.05) is 6.92 Å². The molecule has 0 unspecified atom stereocenters. The normalized spacial score (nSPS) is 12.2. The van der Waals surface area contributed by atoms with Crippen LogP contribution in [-0.2, 0) is 35.1 Å². The molecule has 0 fully saturated rings. The first-order valence-corrected chi connectivity index (χ1v) is 9.71. The van der Waals surface area contributed by atoms with Gasteiger partial charge in [-0.2, -0.15) is 16.8 Å². The quantitative estimate of drug-likeness (QED) is 0.580. The summed E-state index contributed by atoms with van der Waals surface area (Å²) in [6.45, 7) is 1.14. The number of rotatable bonds is 7. The highest BCUT2D eigenvalue weighted by molar-refractivity contribution is 7.87. The molecule has 0 spiro atoms. The van der Waals surface area contributed by atoms with Crippen molar-refractivity contribution < 1.29 is 25.2 Å². The van der Waals surface area contributed by atoms with Gasteiger partial charge in [-0.3, -0.25) is 0 Å². The molecule has 0 amide bonds.